The number of amides is 1. The number of carbonyl (C=O) groups excluding carboxylic acids is 1. The highest BCUT2D eigenvalue weighted by Crippen LogP contribution is 2.38. The standard InChI is InChI=1S/C15H22N2OS/c16-15(8-4-9-15)14(18)17-13(11-5-1-2-6-11)12-7-3-10-19-12/h3,7,10-11,13H,1-2,4-6,8-9,16H2,(H,17,18). The van der Waals surface area contributed by atoms with Crippen molar-refractivity contribution in [1.29, 1.82) is 0 Å². The Kier molecular flexibility index (Phi) is 3.63. The maximum atomic E-state index is 12.4. The lowest BCUT2D eigenvalue weighted by molar-refractivity contribution is -0.130. The Hall–Kier alpha value is -0.870. The molecular formula is C15H22N2OS. The first kappa shape index (κ1) is 13.1. The summed E-state index contributed by atoms with van der Waals surface area (Å²) >= 11 is 1.74. The Morgan fingerprint density at radius 3 is 2.63 bits per heavy atom. The largest absolute Gasteiger partial charge is 0.347 e. The fourth-order valence-electron chi connectivity index (χ4n) is 3.25. The molecule has 1 amide bonds. The van der Waals surface area contributed by atoms with Crippen LogP contribution in [-0.2, 0) is 4.79 Å². The van der Waals surface area contributed by atoms with Crippen LogP contribution in [0.15, 0.2) is 17.5 Å². The summed E-state index contributed by atoms with van der Waals surface area (Å²) in [7, 11) is 0. The first-order chi connectivity index (χ1) is 9.19. The van der Waals surface area contributed by atoms with Crippen molar-refractivity contribution in [2.75, 3.05) is 0 Å². The molecule has 1 unspecified atom stereocenters. The molecule has 104 valence electrons. The highest BCUT2D eigenvalue weighted by molar-refractivity contribution is 7.10. The van der Waals surface area contributed by atoms with Gasteiger partial charge < -0.3 is 11.1 Å². The maximum absolute atomic E-state index is 12.4. The molecule has 1 atom stereocenters. The molecule has 0 bridgehead atoms. The Morgan fingerprint density at radius 2 is 2.11 bits per heavy atom. The van der Waals surface area contributed by atoms with E-state index >= 15 is 0 Å². The van der Waals surface area contributed by atoms with E-state index in [4.69, 9.17) is 5.73 Å². The SMILES string of the molecule is NC1(C(=O)NC(c2cccs2)C2CCCC2)CCC1. The second-order valence-corrected chi connectivity index (χ2v) is 7.00. The number of nitrogens with two attached hydrogens (primary N) is 1. The summed E-state index contributed by atoms with van der Waals surface area (Å²) in [6, 6.07) is 4.38. The molecule has 1 heterocycles. The molecule has 3 N–H and O–H groups in total. The van der Waals surface area contributed by atoms with E-state index in [1.807, 2.05) is 0 Å². The van der Waals surface area contributed by atoms with Gasteiger partial charge in [-0.05, 0) is 49.5 Å². The second kappa shape index (κ2) is 5.25. The van der Waals surface area contributed by atoms with E-state index in [-0.39, 0.29) is 11.9 Å². The lowest BCUT2D eigenvalue weighted by Crippen LogP contribution is -2.59. The number of hydrogen-bond donors (Lipinski definition) is 2. The number of rotatable bonds is 4. The van der Waals surface area contributed by atoms with Crippen LogP contribution in [0, 0.1) is 5.92 Å². The summed E-state index contributed by atoms with van der Waals surface area (Å²) < 4.78 is 0. The zero-order chi connectivity index (χ0) is 13.3. The average molecular weight is 278 g/mol. The van der Waals surface area contributed by atoms with Crippen molar-refractivity contribution in [3.8, 4) is 0 Å². The molecular weight excluding hydrogens is 256 g/mol. The van der Waals surface area contributed by atoms with E-state index in [0.717, 1.165) is 19.3 Å². The van der Waals surface area contributed by atoms with Gasteiger partial charge in [0.1, 0.15) is 0 Å². The van der Waals surface area contributed by atoms with E-state index in [2.05, 4.69) is 22.8 Å². The predicted octanol–water partition coefficient (Wildman–Crippen LogP) is 2.98. The van der Waals surface area contributed by atoms with Crippen LogP contribution >= 0.6 is 11.3 Å². The van der Waals surface area contributed by atoms with Crippen molar-refractivity contribution in [2.24, 2.45) is 11.7 Å². The minimum atomic E-state index is -0.589. The second-order valence-electron chi connectivity index (χ2n) is 6.02. The minimum Gasteiger partial charge on any atom is -0.347 e. The molecule has 3 nitrogen and oxygen atoms in total. The van der Waals surface area contributed by atoms with Gasteiger partial charge in [-0.25, -0.2) is 0 Å². The summed E-state index contributed by atoms with van der Waals surface area (Å²) in [6.45, 7) is 0. The van der Waals surface area contributed by atoms with E-state index in [1.165, 1.54) is 30.6 Å². The Labute approximate surface area is 118 Å². The topological polar surface area (TPSA) is 55.1 Å². The van der Waals surface area contributed by atoms with Crippen LogP contribution in [0.4, 0.5) is 0 Å². The van der Waals surface area contributed by atoms with Crippen LogP contribution in [0.25, 0.3) is 0 Å². The van der Waals surface area contributed by atoms with E-state index < -0.39 is 5.54 Å². The number of thiophene rings is 1. The Balaban J connectivity index is 1.74. The molecule has 0 radical (unpaired) electrons. The van der Waals surface area contributed by atoms with Crippen molar-refractivity contribution in [3.05, 3.63) is 22.4 Å². The number of hydrogen-bond acceptors (Lipinski definition) is 3. The molecule has 2 aliphatic carbocycles. The highest BCUT2D eigenvalue weighted by atomic mass is 32.1. The van der Waals surface area contributed by atoms with Gasteiger partial charge in [0.15, 0.2) is 0 Å². The molecule has 0 aromatic carbocycles. The van der Waals surface area contributed by atoms with Gasteiger partial charge in [-0.1, -0.05) is 18.9 Å². The zero-order valence-corrected chi connectivity index (χ0v) is 12.0. The molecule has 2 aliphatic rings. The zero-order valence-electron chi connectivity index (χ0n) is 11.2. The highest BCUT2D eigenvalue weighted by Gasteiger charge is 2.42. The molecule has 0 aliphatic heterocycles. The lowest BCUT2D eigenvalue weighted by atomic mass is 9.76. The summed E-state index contributed by atoms with van der Waals surface area (Å²) in [5.74, 6) is 0.648. The van der Waals surface area contributed by atoms with Crippen molar-refractivity contribution in [2.45, 2.75) is 56.5 Å². The normalized spacial score (nSPS) is 23.8. The van der Waals surface area contributed by atoms with Gasteiger partial charge in [0.2, 0.25) is 5.91 Å². The van der Waals surface area contributed by atoms with Crippen molar-refractivity contribution < 1.29 is 4.79 Å². The molecule has 2 fully saturated rings. The van der Waals surface area contributed by atoms with E-state index in [9.17, 15) is 4.79 Å². The molecule has 1 aromatic rings. The summed E-state index contributed by atoms with van der Waals surface area (Å²) in [5, 5.41) is 5.34. The van der Waals surface area contributed by atoms with Gasteiger partial charge in [0.05, 0.1) is 11.6 Å². The van der Waals surface area contributed by atoms with Gasteiger partial charge in [-0.2, -0.15) is 0 Å². The molecule has 19 heavy (non-hydrogen) atoms. The molecule has 0 spiro atoms. The molecule has 3 rings (SSSR count). The van der Waals surface area contributed by atoms with Crippen LogP contribution in [-0.4, -0.2) is 11.4 Å². The molecule has 4 heteroatoms. The summed E-state index contributed by atoms with van der Waals surface area (Å²) in [6.07, 6.45) is 7.77. The van der Waals surface area contributed by atoms with E-state index in [1.54, 1.807) is 11.3 Å². The van der Waals surface area contributed by atoms with E-state index in [0.29, 0.717) is 5.92 Å². The quantitative estimate of drug-likeness (QED) is 0.889. The summed E-state index contributed by atoms with van der Waals surface area (Å²) in [5.41, 5.74) is 5.55. The monoisotopic (exact) mass is 278 g/mol. The minimum absolute atomic E-state index is 0.0593. The third-order valence-electron chi connectivity index (χ3n) is 4.71. The van der Waals surface area contributed by atoms with Crippen LogP contribution < -0.4 is 11.1 Å². The lowest BCUT2D eigenvalue weighted by Gasteiger charge is -2.38. The Morgan fingerprint density at radius 1 is 1.37 bits per heavy atom. The third kappa shape index (κ3) is 2.56. The first-order valence-corrected chi connectivity index (χ1v) is 8.20. The van der Waals surface area contributed by atoms with Crippen LogP contribution in [0.5, 0.6) is 0 Å². The maximum Gasteiger partial charge on any atom is 0.240 e. The fourth-order valence-corrected chi connectivity index (χ4v) is 4.12. The van der Waals surface area contributed by atoms with Gasteiger partial charge in [0, 0.05) is 4.88 Å². The fraction of sp³-hybridized carbons (Fsp3) is 0.667. The van der Waals surface area contributed by atoms with Crippen molar-refractivity contribution in [1.82, 2.24) is 5.32 Å². The van der Waals surface area contributed by atoms with Gasteiger partial charge in [-0.3, -0.25) is 4.79 Å². The van der Waals surface area contributed by atoms with Gasteiger partial charge >= 0.3 is 0 Å². The number of nitrogens with one attached hydrogen (secondary N) is 1. The molecule has 2 saturated carbocycles. The first-order valence-electron chi connectivity index (χ1n) is 7.32. The van der Waals surface area contributed by atoms with Gasteiger partial charge in [-0.15, -0.1) is 11.3 Å². The van der Waals surface area contributed by atoms with Gasteiger partial charge in [0.25, 0.3) is 0 Å². The van der Waals surface area contributed by atoms with Crippen molar-refractivity contribution >= 4 is 17.2 Å². The molecule has 1 aromatic heterocycles. The number of carbonyl (C=O) groups is 1. The smallest absolute Gasteiger partial charge is 0.240 e. The molecule has 0 saturated heterocycles. The third-order valence-corrected chi connectivity index (χ3v) is 5.66. The Bertz CT molecular complexity index is 433. The summed E-state index contributed by atoms with van der Waals surface area (Å²) in [4.78, 5) is 13.7. The van der Waals surface area contributed by atoms with Crippen LogP contribution in [0.1, 0.15) is 55.9 Å². The van der Waals surface area contributed by atoms with Crippen molar-refractivity contribution in [3.63, 3.8) is 0 Å². The van der Waals surface area contributed by atoms with Crippen LogP contribution in [0.3, 0.4) is 0 Å². The average Bonchev–Trinajstić information content (AvgIpc) is 3.04. The predicted molar refractivity (Wildman–Crippen MR) is 77.9 cm³/mol. The van der Waals surface area contributed by atoms with Crippen LogP contribution in [0.2, 0.25) is 0 Å².